The minimum absolute atomic E-state index is 0.0814. The van der Waals surface area contributed by atoms with E-state index in [4.69, 9.17) is 0 Å². The van der Waals surface area contributed by atoms with Gasteiger partial charge >= 0.3 is 11.9 Å². The number of carbonyl (C=O) groups is 2. The molecule has 12 heteroatoms. The molecule has 88 heavy (non-hydrogen) atoms. The van der Waals surface area contributed by atoms with Crippen molar-refractivity contribution >= 4 is 97.8 Å². The zero-order valence-electron chi connectivity index (χ0n) is 49.8. The average molecular weight is 1250 g/mol. The molecular formula is C76H67N3O4S5. The molecule has 0 amide bonds. The predicted octanol–water partition coefficient (Wildman–Crippen LogP) is 23.1. The van der Waals surface area contributed by atoms with E-state index in [-0.39, 0.29) is 22.0 Å². The second-order valence-corrected chi connectivity index (χ2v) is 28.5. The molecule has 7 nitrogen and oxygen atoms in total. The van der Waals surface area contributed by atoms with E-state index in [0.29, 0.717) is 9.75 Å². The molecule has 0 bridgehead atoms. The Morgan fingerprint density at radius 3 is 1.27 bits per heavy atom. The van der Waals surface area contributed by atoms with Gasteiger partial charge in [-0.25, -0.2) is 9.59 Å². The summed E-state index contributed by atoms with van der Waals surface area (Å²) >= 11 is 8.03. The fourth-order valence-electron chi connectivity index (χ4n) is 13.4. The topological polar surface area (TPSA) is 125 Å². The monoisotopic (exact) mass is 1250 g/mol. The highest BCUT2D eigenvalue weighted by molar-refractivity contribution is 7.28. The summed E-state index contributed by atoms with van der Waals surface area (Å²) in [5.41, 5.74) is 16.1. The van der Waals surface area contributed by atoms with Crippen LogP contribution in [0.3, 0.4) is 0 Å². The Labute approximate surface area is 536 Å². The summed E-state index contributed by atoms with van der Waals surface area (Å²) in [5, 5.41) is 38.1. The van der Waals surface area contributed by atoms with Crippen molar-refractivity contribution in [3.8, 4) is 84.5 Å². The van der Waals surface area contributed by atoms with Crippen LogP contribution < -0.4 is 4.90 Å². The fraction of sp³-hybridized carbons (Fsp3) is 0.237. The van der Waals surface area contributed by atoms with E-state index in [1.807, 2.05) is 24.3 Å². The van der Waals surface area contributed by atoms with Crippen LogP contribution in [-0.2, 0) is 20.4 Å². The Kier molecular flexibility index (Phi) is 17.7. The summed E-state index contributed by atoms with van der Waals surface area (Å²) < 4.78 is 0. The highest BCUT2D eigenvalue weighted by Crippen LogP contribution is 2.59. The molecule has 0 atom stereocenters. The molecule has 0 spiro atoms. The number of hydrogen-bond donors (Lipinski definition) is 2. The summed E-state index contributed by atoms with van der Waals surface area (Å²) in [6.45, 7) is 9.29. The van der Waals surface area contributed by atoms with E-state index in [0.717, 1.165) is 144 Å². The third-order valence-electron chi connectivity index (χ3n) is 17.7. The van der Waals surface area contributed by atoms with Crippen molar-refractivity contribution in [3.63, 3.8) is 0 Å². The van der Waals surface area contributed by atoms with Crippen LogP contribution in [0.5, 0.6) is 0 Å². The number of rotatable bonds is 24. The summed E-state index contributed by atoms with van der Waals surface area (Å²) in [7, 11) is 0. The normalized spacial score (nSPS) is 13.6. The van der Waals surface area contributed by atoms with Gasteiger partial charge in [-0.05, 0) is 179 Å². The van der Waals surface area contributed by atoms with E-state index in [1.165, 1.54) is 79.3 Å². The molecule has 0 unspecified atom stereocenters. The number of aliphatic carboxylic acids is 2. The number of benzene rings is 5. The number of thiophene rings is 5. The lowest BCUT2D eigenvalue weighted by Gasteiger charge is -2.35. The van der Waals surface area contributed by atoms with Gasteiger partial charge in [0.15, 0.2) is 0 Å². The van der Waals surface area contributed by atoms with Gasteiger partial charge in [0.25, 0.3) is 0 Å². The smallest absolute Gasteiger partial charge is 0.346 e. The van der Waals surface area contributed by atoms with Crippen molar-refractivity contribution in [3.05, 3.63) is 207 Å². The molecule has 12 rings (SSSR count). The summed E-state index contributed by atoms with van der Waals surface area (Å²) in [6, 6.07) is 64.4. The number of carboxylic acid groups (broad SMARTS) is 2. The van der Waals surface area contributed by atoms with E-state index < -0.39 is 11.9 Å². The molecule has 0 aliphatic heterocycles. The first-order valence-corrected chi connectivity index (χ1v) is 34.7. The van der Waals surface area contributed by atoms with Crippen molar-refractivity contribution in [1.82, 2.24) is 0 Å². The van der Waals surface area contributed by atoms with Gasteiger partial charge in [0.1, 0.15) is 23.3 Å². The van der Waals surface area contributed by atoms with Crippen LogP contribution in [-0.4, -0.2) is 22.2 Å². The van der Waals surface area contributed by atoms with Crippen molar-refractivity contribution < 1.29 is 19.8 Å². The Hall–Kier alpha value is -8.20. The van der Waals surface area contributed by atoms with Gasteiger partial charge in [0.2, 0.25) is 0 Å². The average Bonchev–Trinajstić information content (AvgIpc) is 1.75. The lowest BCUT2D eigenvalue weighted by Crippen LogP contribution is -2.26. The van der Waals surface area contributed by atoms with Crippen LogP contribution in [0.25, 0.3) is 84.5 Å². The number of hydrogen-bond acceptors (Lipinski definition) is 10. The molecule has 5 aromatic heterocycles. The minimum Gasteiger partial charge on any atom is -0.477 e. The lowest BCUT2D eigenvalue weighted by atomic mass is 9.70. The molecular weight excluding hydrogens is 1180 g/mol. The second kappa shape index (κ2) is 25.9. The van der Waals surface area contributed by atoms with Crippen molar-refractivity contribution in [2.24, 2.45) is 0 Å². The first kappa shape index (κ1) is 60.1. The zero-order chi connectivity index (χ0) is 61.1. The number of nitrogens with zero attached hydrogens (tertiary/aromatic N) is 3. The highest BCUT2D eigenvalue weighted by atomic mass is 32.1. The molecule has 0 saturated carbocycles. The Bertz CT molecular complexity index is 4140. The number of fused-ring (bicyclic) bond motifs is 6. The Morgan fingerprint density at radius 2 is 0.818 bits per heavy atom. The second-order valence-electron chi connectivity index (χ2n) is 23.0. The molecule has 5 aromatic carbocycles. The molecule has 5 heterocycles. The van der Waals surface area contributed by atoms with Crippen molar-refractivity contribution in [2.45, 2.75) is 116 Å². The molecule has 440 valence electrons. The largest absolute Gasteiger partial charge is 0.477 e. The summed E-state index contributed by atoms with van der Waals surface area (Å²) in [4.78, 5) is 35.8. The van der Waals surface area contributed by atoms with Gasteiger partial charge in [0, 0.05) is 77.3 Å². The molecule has 0 saturated heterocycles. The molecule has 2 N–H and O–H groups in total. The van der Waals surface area contributed by atoms with Crippen LogP contribution in [0.4, 0.5) is 17.1 Å². The quantitative estimate of drug-likeness (QED) is 0.0456. The molecule has 2 aliphatic carbocycles. The van der Waals surface area contributed by atoms with Gasteiger partial charge < -0.3 is 15.1 Å². The maximum absolute atomic E-state index is 11.7. The first-order chi connectivity index (χ1) is 42.9. The van der Waals surface area contributed by atoms with Gasteiger partial charge in [-0.1, -0.05) is 152 Å². The number of unbranched alkanes of at least 4 members (excludes halogenated alkanes) is 4. The molecule has 2 aliphatic rings. The van der Waals surface area contributed by atoms with E-state index in [9.17, 15) is 30.3 Å². The summed E-state index contributed by atoms with van der Waals surface area (Å²) in [5.74, 6) is -2.50. The van der Waals surface area contributed by atoms with Gasteiger partial charge in [-0.3, -0.25) is 0 Å². The van der Waals surface area contributed by atoms with Crippen molar-refractivity contribution in [1.29, 1.82) is 10.5 Å². The van der Waals surface area contributed by atoms with Crippen LogP contribution >= 0.6 is 56.7 Å². The zero-order valence-corrected chi connectivity index (χ0v) is 53.9. The number of nitriles is 2. The third-order valence-corrected chi connectivity index (χ3v) is 23.7. The van der Waals surface area contributed by atoms with Gasteiger partial charge in [-0.2, -0.15) is 10.5 Å². The van der Waals surface area contributed by atoms with E-state index in [1.54, 1.807) is 46.1 Å². The fourth-order valence-corrected chi connectivity index (χ4v) is 18.9. The first-order valence-electron chi connectivity index (χ1n) is 30.6. The number of anilines is 3. The standard InChI is InChI=1S/C76H67N3O4S5/c1-5-9-37-75(38-10-6-2)61-19-15-13-17-56(61)58-29-25-52(43-63(58)75)79(53-26-30-59-57-18-14-16-20-62(57)76(39-11-7-3,40-12-8-4)64(59)44-53)51-23-21-48(22-24-51)71-45-60(65-33-34-68(86-65)66-31-27-54(84-66)41-49(46-77)73(80)81)72(88-71)70-36-35-69(87-70)67-32-28-55(85-67)42-50(47-78)74(82)83/h13-36,41-45H,5-12,37-40H2,1-4H3,(H,80,81)(H,82,83)/b49-41+,50-42+. The van der Waals surface area contributed by atoms with E-state index in [2.05, 4.69) is 172 Å². The minimum atomic E-state index is -1.25. The predicted molar refractivity (Wildman–Crippen MR) is 371 cm³/mol. The Morgan fingerprint density at radius 1 is 0.420 bits per heavy atom. The maximum Gasteiger partial charge on any atom is 0.346 e. The van der Waals surface area contributed by atoms with E-state index >= 15 is 0 Å². The maximum atomic E-state index is 11.7. The Balaban J connectivity index is 0.986. The number of carboxylic acids is 2. The third kappa shape index (κ3) is 11.3. The molecule has 10 aromatic rings. The summed E-state index contributed by atoms with van der Waals surface area (Å²) in [6.07, 6.45) is 16.5. The van der Waals surface area contributed by atoms with Crippen LogP contribution in [0.15, 0.2) is 175 Å². The molecule has 0 fully saturated rings. The van der Waals surface area contributed by atoms with Crippen LogP contribution in [0.2, 0.25) is 0 Å². The molecule has 0 radical (unpaired) electrons. The lowest BCUT2D eigenvalue weighted by molar-refractivity contribution is -0.133. The van der Waals surface area contributed by atoms with Crippen molar-refractivity contribution in [2.75, 3.05) is 4.90 Å². The van der Waals surface area contributed by atoms with Crippen LogP contribution in [0, 0.1) is 22.7 Å². The van der Waals surface area contributed by atoms with Gasteiger partial charge in [-0.15, -0.1) is 56.7 Å². The SMILES string of the molecule is CCCCC1(CCCC)c2ccccc2-c2ccc(N(c3ccc(-c4cc(-c5ccc(-c6ccc(/C=C(\C#N)C(=O)O)s6)s5)c(-c5ccc(-c6ccc(/C=C(\C#N)C(=O)O)s6)s5)s4)cc3)c3ccc4c(c3)C(CCCC)(CCCC)c3ccccc3-4)cc21. The highest BCUT2D eigenvalue weighted by Gasteiger charge is 2.44. The van der Waals surface area contributed by atoms with Crippen LogP contribution in [0.1, 0.15) is 137 Å². The van der Waals surface area contributed by atoms with Gasteiger partial charge in [0.05, 0.1) is 4.88 Å².